The molecule has 31 heavy (non-hydrogen) atoms. The minimum Gasteiger partial charge on any atom is -0.475 e. The lowest BCUT2D eigenvalue weighted by Gasteiger charge is -2.18. The Morgan fingerprint density at radius 1 is 1.13 bits per heavy atom. The number of alkyl halides is 3. The van der Waals surface area contributed by atoms with Gasteiger partial charge in [0.25, 0.3) is 0 Å². The summed E-state index contributed by atoms with van der Waals surface area (Å²) in [4.78, 5) is 20.5. The van der Waals surface area contributed by atoms with Crippen LogP contribution in [-0.4, -0.2) is 55.0 Å². The van der Waals surface area contributed by atoms with Gasteiger partial charge in [0.15, 0.2) is 0 Å². The fraction of sp³-hybridized carbons (Fsp3) is 0.333. The van der Waals surface area contributed by atoms with Crippen molar-refractivity contribution in [2.45, 2.75) is 25.6 Å². The fourth-order valence-electron chi connectivity index (χ4n) is 3.39. The van der Waals surface area contributed by atoms with Gasteiger partial charge in [-0.3, -0.25) is 9.58 Å². The van der Waals surface area contributed by atoms with E-state index in [4.69, 9.17) is 9.90 Å². The van der Waals surface area contributed by atoms with E-state index < -0.39 is 12.1 Å². The molecule has 0 spiro atoms. The maximum absolute atomic E-state index is 10.6. The Hall–Kier alpha value is -3.27. The minimum atomic E-state index is -5.08. The van der Waals surface area contributed by atoms with Crippen LogP contribution in [0.1, 0.15) is 16.8 Å². The second-order valence-corrected chi connectivity index (χ2v) is 7.11. The molecule has 2 aromatic heterocycles. The van der Waals surface area contributed by atoms with E-state index in [0.717, 1.165) is 38.2 Å². The Morgan fingerprint density at radius 3 is 2.42 bits per heavy atom. The molecule has 0 atom stereocenters. The average Bonchev–Trinajstić information content (AvgIpc) is 3.03. The van der Waals surface area contributed by atoms with Gasteiger partial charge < -0.3 is 5.11 Å². The third kappa shape index (κ3) is 6.11. The number of fused-ring (bicyclic) bond motifs is 1. The van der Waals surface area contributed by atoms with Gasteiger partial charge in [-0.15, -0.1) is 0 Å². The number of carboxylic acid groups (broad SMARTS) is 1. The molecule has 0 bridgehead atoms. The lowest BCUT2D eigenvalue weighted by atomic mass is 10.0. The normalized spacial score (nSPS) is 14.2. The topological polar surface area (TPSA) is 84.1 Å². The second kappa shape index (κ2) is 9.69. The lowest BCUT2D eigenvalue weighted by molar-refractivity contribution is -0.192. The summed E-state index contributed by atoms with van der Waals surface area (Å²) in [5.74, 6) is -2.76. The van der Waals surface area contributed by atoms with Gasteiger partial charge in [0.1, 0.15) is 6.33 Å². The van der Waals surface area contributed by atoms with E-state index in [1.54, 1.807) is 6.33 Å². The monoisotopic (exact) mass is 433 g/mol. The Bertz CT molecular complexity index is 1020. The first-order valence-corrected chi connectivity index (χ1v) is 9.62. The third-order valence-corrected chi connectivity index (χ3v) is 4.83. The lowest BCUT2D eigenvalue weighted by Crippen LogP contribution is -2.25. The SMILES string of the molecule is Cn1cc(CN2CCc3ncnc(-c4ccccc4)c3CC2)cn1.O=C(O)C(F)(F)F. The number of halogens is 3. The standard InChI is InChI=1S/C19H21N5.C2HF3O2/c1-23-12-15(11-22-23)13-24-9-7-17-18(8-10-24)20-14-21-19(17)16-5-3-2-4-6-16;3-2(4,5)1(6)7/h2-6,11-12,14H,7-10,13H2,1H3;(H,6,7). The third-order valence-electron chi connectivity index (χ3n) is 4.83. The van der Waals surface area contributed by atoms with Crippen LogP contribution in [0.5, 0.6) is 0 Å². The zero-order valence-electron chi connectivity index (χ0n) is 16.9. The number of hydrogen-bond acceptors (Lipinski definition) is 5. The quantitative estimate of drug-likeness (QED) is 0.683. The number of hydrogen-bond donors (Lipinski definition) is 1. The Labute approximate surface area is 177 Å². The van der Waals surface area contributed by atoms with E-state index in [1.807, 2.05) is 24.0 Å². The smallest absolute Gasteiger partial charge is 0.475 e. The highest BCUT2D eigenvalue weighted by Gasteiger charge is 2.38. The largest absolute Gasteiger partial charge is 0.490 e. The Balaban J connectivity index is 0.000000339. The van der Waals surface area contributed by atoms with Crippen LogP contribution in [0.15, 0.2) is 49.1 Å². The molecule has 4 rings (SSSR count). The van der Waals surface area contributed by atoms with Crippen LogP contribution in [0.3, 0.4) is 0 Å². The molecule has 1 N–H and O–H groups in total. The molecular weight excluding hydrogens is 411 g/mol. The van der Waals surface area contributed by atoms with Crippen LogP contribution >= 0.6 is 0 Å². The van der Waals surface area contributed by atoms with E-state index in [1.165, 1.54) is 22.4 Å². The fourth-order valence-corrected chi connectivity index (χ4v) is 3.39. The molecular formula is C21H22F3N5O2. The molecule has 0 aliphatic carbocycles. The van der Waals surface area contributed by atoms with Gasteiger partial charge in [-0.1, -0.05) is 30.3 Å². The Kier molecular flexibility index (Phi) is 7.01. The van der Waals surface area contributed by atoms with Crippen molar-refractivity contribution in [3.05, 3.63) is 65.9 Å². The van der Waals surface area contributed by atoms with Crippen molar-refractivity contribution in [2.24, 2.45) is 7.05 Å². The van der Waals surface area contributed by atoms with E-state index >= 15 is 0 Å². The first kappa shape index (κ1) is 22.4. The maximum Gasteiger partial charge on any atom is 0.490 e. The van der Waals surface area contributed by atoms with Crippen molar-refractivity contribution in [1.29, 1.82) is 0 Å². The van der Waals surface area contributed by atoms with Crippen molar-refractivity contribution in [3.63, 3.8) is 0 Å². The van der Waals surface area contributed by atoms with Gasteiger partial charge in [-0.05, 0) is 6.42 Å². The van der Waals surface area contributed by atoms with Crippen molar-refractivity contribution < 1.29 is 23.1 Å². The van der Waals surface area contributed by atoms with Crippen LogP contribution in [-0.2, 0) is 31.2 Å². The molecule has 10 heteroatoms. The Morgan fingerprint density at radius 2 is 1.81 bits per heavy atom. The second-order valence-electron chi connectivity index (χ2n) is 7.11. The first-order chi connectivity index (χ1) is 14.7. The number of carbonyl (C=O) groups is 1. The molecule has 0 fully saturated rings. The average molecular weight is 433 g/mol. The summed E-state index contributed by atoms with van der Waals surface area (Å²) in [6.07, 6.45) is 2.62. The zero-order valence-corrected chi connectivity index (χ0v) is 16.9. The summed E-state index contributed by atoms with van der Waals surface area (Å²) >= 11 is 0. The molecule has 0 radical (unpaired) electrons. The summed E-state index contributed by atoms with van der Waals surface area (Å²) in [6.45, 7) is 2.98. The number of aryl methyl sites for hydroxylation is 1. The van der Waals surface area contributed by atoms with Gasteiger partial charge in [-0.25, -0.2) is 14.8 Å². The maximum atomic E-state index is 10.6. The highest BCUT2D eigenvalue weighted by molar-refractivity contribution is 5.73. The van der Waals surface area contributed by atoms with E-state index in [9.17, 15) is 13.2 Å². The zero-order chi connectivity index (χ0) is 22.4. The van der Waals surface area contributed by atoms with Crippen LogP contribution in [0.4, 0.5) is 13.2 Å². The van der Waals surface area contributed by atoms with Crippen LogP contribution in [0.25, 0.3) is 11.3 Å². The molecule has 0 amide bonds. The van der Waals surface area contributed by atoms with Crippen molar-refractivity contribution in [3.8, 4) is 11.3 Å². The number of rotatable bonds is 3. The molecule has 0 saturated heterocycles. The van der Waals surface area contributed by atoms with E-state index in [0.29, 0.717) is 0 Å². The molecule has 0 saturated carbocycles. The van der Waals surface area contributed by atoms with Gasteiger partial charge >= 0.3 is 12.1 Å². The molecule has 7 nitrogen and oxygen atoms in total. The van der Waals surface area contributed by atoms with E-state index in [2.05, 4.69) is 50.4 Å². The predicted molar refractivity (Wildman–Crippen MR) is 107 cm³/mol. The number of carboxylic acids is 1. The molecule has 1 aliphatic rings. The van der Waals surface area contributed by atoms with Crippen LogP contribution < -0.4 is 0 Å². The number of aliphatic carboxylic acids is 1. The van der Waals surface area contributed by atoms with Crippen LogP contribution in [0.2, 0.25) is 0 Å². The summed E-state index contributed by atoms with van der Waals surface area (Å²) < 4.78 is 33.6. The summed E-state index contributed by atoms with van der Waals surface area (Å²) in [5.41, 5.74) is 6.02. The van der Waals surface area contributed by atoms with Crippen LogP contribution in [0, 0.1) is 0 Å². The molecule has 3 heterocycles. The predicted octanol–water partition coefficient (Wildman–Crippen LogP) is 3.11. The van der Waals surface area contributed by atoms with Gasteiger partial charge in [0.2, 0.25) is 0 Å². The summed E-state index contributed by atoms with van der Waals surface area (Å²) in [7, 11) is 1.96. The number of nitrogens with zero attached hydrogens (tertiary/aromatic N) is 5. The summed E-state index contributed by atoms with van der Waals surface area (Å²) in [6, 6.07) is 10.4. The highest BCUT2D eigenvalue weighted by atomic mass is 19.4. The van der Waals surface area contributed by atoms with Crippen molar-refractivity contribution in [2.75, 3.05) is 13.1 Å². The minimum absolute atomic E-state index is 0.940. The first-order valence-electron chi connectivity index (χ1n) is 9.62. The highest BCUT2D eigenvalue weighted by Crippen LogP contribution is 2.25. The molecule has 0 unspecified atom stereocenters. The molecule has 1 aliphatic heterocycles. The van der Waals surface area contributed by atoms with E-state index in [-0.39, 0.29) is 0 Å². The molecule has 164 valence electrons. The molecule has 1 aromatic carbocycles. The number of aromatic nitrogens is 4. The van der Waals surface area contributed by atoms with Gasteiger partial charge in [-0.2, -0.15) is 18.3 Å². The van der Waals surface area contributed by atoms with Gasteiger partial charge in [0, 0.05) is 61.7 Å². The molecule has 3 aromatic rings. The van der Waals surface area contributed by atoms with Gasteiger partial charge in [0.05, 0.1) is 11.9 Å². The number of benzene rings is 1. The van der Waals surface area contributed by atoms with Crippen molar-refractivity contribution in [1.82, 2.24) is 24.6 Å². The summed E-state index contributed by atoms with van der Waals surface area (Å²) in [5, 5.41) is 11.4. The van der Waals surface area contributed by atoms with Crippen molar-refractivity contribution >= 4 is 5.97 Å².